The van der Waals surface area contributed by atoms with Crippen molar-refractivity contribution >= 4 is 23.7 Å². The van der Waals surface area contributed by atoms with Crippen molar-refractivity contribution in [2.24, 2.45) is 5.10 Å². The van der Waals surface area contributed by atoms with Gasteiger partial charge in [0.1, 0.15) is 6.61 Å². The van der Waals surface area contributed by atoms with E-state index in [0.717, 1.165) is 29.3 Å². The number of alkyl halides is 3. The van der Waals surface area contributed by atoms with Crippen LogP contribution in [-0.4, -0.2) is 19.2 Å². The predicted octanol–water partition coefficient (Wildman–Crippen LogP) is 6.02. The first-order valence-corrected chi connectivity index (χ1v) is 10.1. The summed E-state index contributed by atoms with van der Waals surface area (Å²) < 4.78 is 49.6. The van der Waals surface area contributed by atoms with Crippen LogP contribution >= 0.6 is 11.6 Å². The summed E-state index contributed by atoms with van der Waals surface area (Å²) in [4.78, 5) is 12.1. The van der Waals surface area contributed by atoms with Gasteiger partial charge in [-0.1, -0.05) is 47.5 Å². The molecule has 0 aromatic heterocycles. The van der Waals surface area contributed by atoms with E-state index in [0.29, 0.717) is 17.1 Å². The Morgan fingerprint density at radius 3 is 2.52 bits per heavy atom. The van der Waals surface area contributed by atoms with E-state index in [2.05, 4.69) is 10.5 Å². The molecule has 0 unspecified atom stereocenters. The minimum atomic E-state index is -4.55. The lowest BCUT2D eigenvalue weighted by Gasteiger charge is -2.13. The van der Waals surface area contributed by atoms with Crippen LogP contribution in [0.2, 0.25) is 5.02 Å². The molecule has 1 amide bonds. The molecule has 33 heavy (non-hydrogen) atoms. The van der Waals surface area contributed by atoms with E-state index in [1.165, 1.54) is 19.4 Å². The van der Waals surface area contributed by atoms with Crippen LogP contribution in [0, 0.1) is 6.92 Å². The number of rotatable bonds is 7. The van der Waals surface area contributed by atoms with Crippen LogP contribution in [0.3, 0.4) is 0 Å². The maximum Gasteiger partial charge on any atom is 0.416 e. The first-order valence-electron chi connectivity index (χ1n) is 9.74. The molecule has 0 radical (unpaired) electrons. The van der Waals surface area contributed by atoms with Crippen molar-refractivity contribution in [3.8, 4) is 11.5 Å². The fourth-order valence-electron chi connectivity index (χ4n) is 2.86. The summed E-state index contributed by atoms with van der Waals surface area (Å²) >= 11 is 6.34. The molecule has 0 saturated carbocycles. The van der Waals surface area contributed by atoms with Crippen LogP contribution in [-0.2, 0) is 12.8 Å². The third-order valence-electron chi connectivity index (χ3n) is 4.59. The van der Waals surface area contributed by atoms with Gasteiger partial charge in [-0.2, -0.15) is 18.3 Å². The second-order valence-corrected chi connectivity index (χ2v) is 7.49. The zero-order chi connectivity index (χ0) is 24.0. The fourth-order valence-corrected chi connectivity index (χ4v) is 3.13. The number of carbonyl (C=O) groups is 1. The third kappa shape index (κ3) is 6.49. The number of aryl methyl sites for hydroxylation is 1. The van der Waals surface area contributed by atoms with Crippen molar-refractivity contribution in [1.29, 1.82) is 0 Å². The predicted molar refractivity (Wildman–Crippen MR) is 120 cm³/mol. The van der Waals surface area contributed by atoms with Gasteiger partial charge in [0.25, 0.3) is 5.91 Å². The van der Waals surface area contributed by atoms with Crippen LogP contribution in [0.1, 0.15) is 32.6 Å². The molecule has 0 atom stereocenters. The standard InChI is InChI=1S/C24H20ClF3N2O3/c1-15-6-8-16(9-7-15)14-33-22-20(25)10-17(11-21(22)32-2)13-29-30-23(31)18-4-3-5-19(12-18)24(26,27)28/h3-13H,14H2,1-2H3,(H,30,31)/b29-13-. The molecule has 0 aliphatic heterocycles. The Hall–Kier alpha value is -3.52. The summed E-state index contributed by atoms with van der Waals surface area (Å²) in [5, 5.41) is 4.07. The first-order chi connectivity index (χ1) is 15.7. The number of nitrogens with one attached hydrogen (secondary N) is 1. The van der Waals surface area contributed by atoms with Gasteiger partial charge in [-0.05, 0) is 48.4 Å². The van der Waals surface area contributed by atoms with Crippen molar-refractivity contribution in [2.75, 3.05) is 7.11 Å². The smallest absolute Gasteiger partial charge is 0.416 e. The van der Waals surface area contributed by atoms with Gasteiger partial charge in [-0.25, -0.2) is 5.43 Å². The highest BCUT2D eigenvalue weighted by molar-refractivity contribution is 6.32. The zero-order valence-corrected chi connectivity index (χ0v) is 18.5. The zero-order valence-electron chi connectivity index (χ0n) is 17.7. The molecule has 0 saturated heterocycles. The second-order valence-electron chi connectivity index (χ2n) is 7.09. The third-order valence-corrected chi connectivity index (χ3v) is 4.87. The number of benzene rings is 3. The van der Waals surface area contributed by atoms with E-state index in [9.17, 15) is 18.0 Å². The molecule has 1 N–H and O–H groups in total. The van der Waals surface area contributed by atoms with Crippen molar-refractivity contribution in [1.82, 2.24) is 5.43 Å². The number of amides is 1. The lowest BCUT2D eigenvalue weighted by atomic mass is 10.1. The summed E-state index contributed by atoms with van der Waals surface area (Å²) in [6, 6.07) is 15.1. The summed E-state index contributed by atoms with van der Waals surface area (Å²) in [7, 11) is 1.46. The molecule has 0 bridgehead atoms. The summed E-state index contributed by atoms with van der Waals surface area (Å²) in [6.45, 7) is 2.28. The lowest BCUT2D eigenvalue weighted by molar-refractivity contribution is -0.137. The van der Waals surface area contributed by atoms with Crippen molar-refractivity contribution in [2.45, 2.75) is 19.7 Å². The van der Waals surface area contributed by atoms with Gasteiger partial charge in [0, 0.05) is 5.56 Å². The van der Waals surface area contributed by atoms with Gasteiger partial charge in [-0.3, -0.25) is 4.79 Å². The number of methoxy groups -OCH3 is 1. The Labute approximate surface area is 193 Å². The van der Waals surface area contributed by atoms with Gasteiger partial charge in [-0.15, -0.1) is 0 Å². The quantitative estimate of drug-likeness (QED) is 0.335. The van der Waals surface area contributed by atoms with Gasteiger partial charge in [0.05, 0.1) is 23.9 Å². The van der Waals surface area contributed by atoms with Gasteiger partial charge in [0.15, 0.2) is 11.5 Å². The Balaban J connectivity index is 1.69. The fraction of sp³-hybridized carbons (Fsp3) is 0.167. The van der Waals surface area contributed by atoms with E-state index >= 15 is 0 Å². The molecule has 0 fully saturated rings. The molecule has 0 aliphatic carbocycles. The van der Waals surface area contributed by atoms with E-state index in [1.807, 2.05) is 31.2 Å². The monoisotopic (exact) mass is 476 g/mol. The highest BCUT2D eigenvalue weighted by Gasteiger charge is 2.30. The molecule has 3 aromatic carbocycles. The highest BCUT2D eigenvalue weighted by atomic mass is 35.5. The van der Waals surface area contributed by atoms with E-state index in [4.69, 9.17) is 21.1 Å². The van der Waals surface area contributed by atoms with Crippen LogP contribution in [0.15, 0.2) is 65.8 Å². The summed E-state index contributed by atoms with van der Waals surface area (Å²) in [5.74, 6) is -0.0707. The van der Waals surface area contributed by atoms with Crippen LogP contribution < -0.4 is 14.9 Å². The minimum Gasteiger partial charge on any atom is -0.493 e. The SMILES string of the molecule is COc1cc(/C=N\NC(=O)c2cccc(C(F)(F)F)c2)cc(Cl)c1OCc1ccc(C)cc1. The normalized spacial score (nSPS) is 11.5. The molecule has 0 aliphatic rings. The maximum atomic E-state index is 12.8. The average Bonchev–Trinajstić information content (AvgIpc) is 2.78. The highest BCUT2D eigenvalue weighted by Crippen LogP contribution is 2.36. The topological polar surface area (TPSA) is 59.9 Å². The number of carbonyl (C=O) groups excluding carboxylic acids is 1. The van der Waals surface area contributed by atoms with Crippen molar-refractivity contribution < 1.29 is 27.4 Å². The molecule has 3 rings (SSSR count). The molecule has 9 heteroatoms. The Morgan fingerprint density at radius 1 is 1.12 bits per heavy atom. The largest absolute Gasteiger partial charge is 0.493 e. The average molecular weight is 477 g/mol. The molecule has 3 aromatic rings. The molecular weight excluding hydrogens is 457 g/mol. The molecule has 0 heterocycles. The van der Waals surface area contributed by atoms with Crippen LogP contribution in [0.4, 0.5) is 13.2 Å². The first kappa shape index (κ1) is 24.1. The summed E-state index contributed by atoms with van der Waals surface area (Å²) in [5.41, 5.74) is 3.70. The summed E-state index contributed by atoms with van der Waals surface area (Å²) in [6.07, 6.45) is -3.25. The Morgan fingerprint density at radius 2 is 1.85 bits per heavy atom. The number of hydrogen-bond acceptors (Lipinski definition) is 4. The number of ether oxygens (including phenoxy) is 2. The van der Waals surface area contributed by atoms with Crippen molar-refractivity contribution in [3.63, 3.8) is 0 Å². The Bertz CT molecular complexity index is 1160. The Kier molecular flexibility index (Phi) is 7.60. The van der Waals surface area contributed by atoms with E-state index in [1.54, 1.807) is 12.1 Å². The van der Waals surface area contributed by atoms with Gasteiger partial charge in [0.2, 0.25) is 0 Å². The van der Waals surface area contributed by atoms with Crippen LogP contribution in [0.5, 0.6) is 11.5 Å². The van der Waals surface area contributed by atoms with Gasteiger partial charge >= 0.3 is 6.18 Å². The maximum absolute atomic E-state index is 12.8. The molecular formula is C24H20ClF3N2O3. The van der Waals surface area contributed by atoms with Gasteiger partial charge < -0.3 is 9.47 Å². The lowest BCUT2D eigenvalue weighted by Crippen LogP contribution is -2.18. The molecule has 0 spiro atoms. The minimum absolute atomic E-state index is 0.169. The second kappa shape index (κ2) is 10.4. The molecule has 172 valence electrons. The van der Waals surface area contributed by atoms with Crippen LogP contribution in [0.25, 0.3) is 0 Å². The number of halogens is 4. The van der Waals surface area contributed by atoms with E-state index < -0.39 is 17.6 Å². The number of hydrazone groups is 1. The molecule has 5 nitrogen and oxygen atoms in total. The van der Waals surface area contributed by atoms with Crippen molar-refractivity contribution in [3.05, 3.63) is 93.5 Å². The number of hydrogen-bond donors (Lipinski definition) is 1. The number of nitrogens with zero attached hydrogens (tertiary/aromatic N) is 1. The van der Waals surface area contributed by atoms with E-state index in [-0.39, 0.29) is 17.2 Å².